The molecule has 0 N–H and O–H groups in total. The van der Waals surface area contributed by atoms with Gasteiger partial charge in [0.2, 0.25) is 5.88 Å². The number of rotatable bonds is 2. The second-order valence-electron chi connectivity index (χ2n) is 3.43. The molecule has 0 saturated carbocycles. The maximum atomic E-state index is 11.6. The van der Waals surface area contributed by atoms with Crippen LogP contribution in [-0.4, -0.2) is 11.0 Å². The number of carbonyl (C=O) groups is 1. The van der Waals surface area contributed by atoms with E-state index in [0.29, 0.717) is 11.4 Å². The van der Waals surface area contributed by atoms with Crippen LogP contribution in [0.15, 0.2) is 48.7 Å². The summed E-state index contributed by atoms with van der Waals surface area (Å²) in [4.78, 5) is 15.6. The first-order valence-corrected chi connectivity index (χ1v) is 4.95. The molecular formula is C13H11NO2. The van der Waals surface area contributed by atoms with Gasteiger partial charge in [-0.1, -0.05) is 24.3 Å². The lowest BCUT2D eigenvalue weighted by molar-refractivity contribution is 0.0727. The van der Waals surface area contributed by atoms with Gasteiger partial charge in [-0.05, 0) is 24.6 Å². The Hall–Kier alpha value is -2.16. The SMILES string of the molecule is Cc1ccc(OC(=O)c2ccccc2)nc1. The Bertz CT molecular complexity index is 477. The Morgan fingerprint density at radius 3 is 2.50 bits per heavy atom. The second kappa shape index (κ2) is 4.57. The third kappa shape index (κ3) is 2.45. The summed E-state index contributed by atoms with van der Waals surface area (Å²) in [6, 6.07) is 12.4. The van der Waals surface area contributed by atoms with Crippen molar-refractivity contribution in [1.29, 1.82) is 0 Å². The number of esters is 1. The highest BCUT2D eigenvalue weighted by atomic mass is 16.5. The molecule has 3 heteroatoms. The molecule has 0 aliphatic carbocycles. The lowest BCUT2D eigenvalue weighted by Crippen LogP contribution is -2.08. The predicted octanol–water partition coefficient (Wildman–Crippen LogP) is 2.61. The van der Waals surface area contributed by atoms with Crippen LogP contribution in [0.4, 0.5) is 0 Å². The number of hydrogen-bond acceptors (Lipinski definition) is 3. The van der Waals surface area contributed by atoms with Gasteiger partial charge in [-0.2, -0.15) is 0 Å². The summed E-state index contributed by atoms with van der Waals surface area (Å²) < 4.78 is 5.11. The van der Waals surface area contributed by atoms with E-state index in [1.165, 1.54) is 0 Å². The summed E-state index contributed by atoms with van der Waals surface area (Å²) in [5.74, 6) is -0.0728. The molecule has 0 atom stereocenters. The van der Waals surface area contributed by atoms with E-state index in [-0.39, 0.29) is 0 Å². The molecule has 0 radical (unpaired) electrons. The number of benzene rings is 1. The molecule has 2 aromatic rings. The van der Waals surface area contributed by atoms with Crippen LogP contribution in [0.3, 0.4) is 0 Å². The molecule has 0 spiro atoms. The Morgan fingerprint density at radius 1 is 1.12 bits per heavy atom. The molecule has 0 saturated heterocycles. The number of aryl methyl sites for hydroxylation is 1. The Labute approximate surface area is 93.7 Å². The van der Waals surface area contributed by atoms with Crippen molar-refractivity contribution in [1.82, 2.24) is 4.98 Å². The van der Waals surface area contributed by atoms with Gasteiger partial charge in [-0.15, -0.1) is 0 Å². The number of ether oxygens (including phenoxy) is 1. The first kappa shape index (κ1) is 10.4. The van der Waals surface area contributed by atoms with Gasteiger partial charge in [-0.3, -0.25) is 0 Å². The van der Waals surface area contributed by atoms with E-state index in [0.717, 1.165) is 5.56 Å². The maximum Gasteiger partial charge on any atom is 0.344 e. The molecule has 3 nitrogen and oxygen atoms in total. The standard InChI is InChI=1S/C13H11NO2/c1-10-7-8-12(14-9-10)16-13(15)11-5-3-2-4-6-11/h2-9H,1H3. The van der Waals surface area contributed by atoms with E-state index in [1.807, 2.05) is 19.1 Å². The largest absolute Gasteiger partial charge is 0.404 e. The van der Waals surface area contributed by atoms with Gasteiger partial charge < -0.3 is 4.74 Å². The number of nitrogens with zero attached hydrogens (tertiary/aromatic N) is 1. The highest BCUT2D eigenvalue weighted by molar-refractivity contribution is 5.90. The summed E-state index contributed by atoms with van der Waals surface area (Å²) in [5.41, 5.74) is 1.55. The molecule has 0 amide bonds. The fourth-order valence-corrected chi connectivity index (χ4v) is 1.24. The van der Waals surface area contributed by atoms with Gasteiger partial charge in [-0.25, -0.2) is 9.78 Å². The van der Waals surface area contributed by atoms with Crippen molar-refractivity contribution in [3.05, 3.63) is 59.8 Å². The lowest BCUT2D eigenvalue weighted by atomic mass is 10.2. The minimum absolute atomic E-state index is 0.319. The zero-order valence-electron chi connectivity index (χ0n) is 8.88. The molecule has 1 aromatic carbocycles. The Balaban J connectivity index is 2.11. The predicted molar refractivity (Wildman–Crippen MR) is 60.4 cm³/mol. The summed E-state index contributed by atoms with van der Waals surface area (Å²) >= 11 is 0. The first-order valence-electron chi connectivity index (χ1n) is 4.95. The number of aromatic nitrogens is 1. The van der Waals surface area contributed by atoms with Crippen LogP contribution in [0.1, 0.15) is 15.9 Å². The summed E-state index contributed by atoms with van der Waals surface area (Å²) in [6.07, 6.45) is 1.66. The average molecular weight is 213 g/mol. The monoisotopic (exact) mass is 213 g/mol. The van der Waals surface area contributed by atoms with Crippen molar-refractivity contribution in [3.63, 3.8) is 0 Å². The summed E-state index contributed by atoms with van der Waals surface area (Å²) in [6.45, 7) is 1.93. The molecule has 0 unspecified atom stereocenters. The zero-order chi connectivity index (χ0) is 11.4. The first-order chi connectivity index (χ1) is 7.75. The quantitative estimate of drug-likeness (QED) is 0.720. The average Bonchev–Trinajstić information content (AvgIpc) is 2.33. The highest BCUT2D eigenvalue weighted by Gasteiger charge is 2.07. The molecule has 16 heavy (non-hydrogen) atoms. The van der Waals surface area contributed by atoms with E-state index < -0.39 is 5.97 Å². The van der Waals surface area contributed by atoms with E-state index in [1.54, 1.807) is 36.5 Å². The Kier molecular flexibility index (Phi) is 2.96. The number of hydrogen-bond donors (Lipinski definition) is 0. The zero-order valence-corrected chi connectivity index (χ0v) is 8.88. The molecule has 0 fully saturated rings. The van der Waals surface area contributed by atoms with Gasteiger partial charge in [0.05, 0.1) is 5.56 Å². The number of pyridine rings is 1. The molecule has 0 aliphatic heterocycles. The van der Waals surface area contributed by atoms with Crippen molar-refractivity contribution in [2.24, 2.45) is 0 Å². The van der Waals surface area contributed by atoms with Crippen LogP contribution in [-0.2, 0) is 0 Å². The lowest BCUT2D eigenvalue weighted by Gasteiger charge is -2.02. The smallest absolute Gasteiger partial charge is 0.344 e. The molecule has 80 valence electrons. The van der Waals surface area contributed by atoms with Crippen LogP contribution in [0, 0.1) is 6.92 Å². The topological polar surface area (TPSA) is 39.2 Å². The van der Waals surface area contributed by atoms with Crippen molar-refractivity contribution >= 4 is 5.97 Å². The van der Waals surface area contributed by atoms with Crippen LogP contribution < -0.4 is 4.74 Å². The maximum absolute atomic E-state index is 11.6. The van der Waals surface area contributed by atoms with E-state index in [4.69, 9.17) is 4.74 Å². The third-order valence-electron chi connectivity index (χ3n) is 2.09. The van der Waals surface area contributed by atoms with E-state index in [9.17, 15) is 4.79 Å². The van der Waals surface area contributed by atoms with Crippen LogP contribution in [0.25, 0.3) is 0 Å². The second-order valence-corrected chi connectivity index (χ2v) is 3.43. The molecule has 0 aliphatic rings. The molecule has 1 heterocycles. The van der Waals surface area contributed by atoms with Crippen LogP contribution >= 0.6 is 0 Å². The van der Waals surface area contributed by atoms with Gasteiger partial charge in [0, 0.05) is 12.3 Å². The number of carbonyl (C=O) groups excluding carboxylic acids is 1. The minimum atomic E-state index is -0.392. The van der Waals surface area contributed by atoms with Gasteiger partial charge >= 0.3 is 5.97 Å². The van der Waals surface area contributed by atoms with Crippen LogP contribution in [0.5, 0.6) is 5.88 Å². The Morgan fingerprint density at radius 2 is 1.88 bits per heavy atom. The van der Waals surface area contributed by atoms with Gasteiger partial charge in [0.15, 0.2) is 0 Å². The van der Waals surface area contributed by atoms with Crippen molar-refractivity contribution in [2.45, 2.75) is 6.92 Å². The van der Waals surface area contributed by atoms with Crippen molar-refractivity contribution < 1.29 is 9.53 Å². The minimum Gasteiger partial charge on any atom is -0.404 e. The van der Waals surface area contributed by atoms with Crippen LogP contribution in [0.2, 0.25) is 0 Å². The molecule has 2 rings (SSSR count). The van der Waals surface area contributed by atoms with Gasteiger partial charge in [0.1, 0.15) is 0 Å². The normalized spacial score (nSPS) is 9.81. The molecular weight excluding hydrogens is 202 g/mol. The summed E-state index contributed by atoms with van der Waals surface area (Å²) in [5, 5.41) is 0. The van der Waals surface area contributed by atoms with Crippen molar-refractivity contribution in [3.8, 4) is 5.88 Å². The fraction of sp³-hybridized carbons (Fsp3) is 0.0769. The fourth-order valence-electron chi connectivity index (χ4n) is 1.24. The van der Waals surface area contributed by atoms with Gasteiger partial charge in [0.25, 0.3) is 0 Å². The van der Waals surface area contributed by atoms with Crippen molar-refractivity contribution in [2.75, 3.05) is 0 Å². The molecule has 1 aromatic heterocycles. The third-order valence-corrected chi connectivity index (χ3v) is 2.09. The van der Waals surface area contributed by atoms with E-state index >= 15 is 0 Å². The van der Waals surface area contributed by atoms with E-state index in [2.05, 4.69) is 4.98 Å². The highest BCUT2D eigenvalue weighted by Crippen LogP contribution is 2.09. The summed E-state index contributed by atoms with van der Waals surface area (Å²) in [7, 11) is 0. The molecule has 0 bridgehead atoms.